The number of rotatable bonds is 4. The first-order valence-corrected chi connectivity index (χ1v) is 8.77. The van der Waals surface area contributed by atoms with Crippen LogP contribution in [0.2, 0.25) is 0 Å². The van der Waals surface area contributed by atoms with Gasteiger partial charge in [-0.3, -0.25) is 0 Å². The van der Waals surface area contributed by atoms with Crippen LogP contribution in [0, 0.1) is 0 Å². The van der Waals surface area contributed by atoms with Gasteiger partial charge in [0, 0.05) is 28.1 Å². The standard InChI is InChI=1S/C11H13ClO2S2/c12-16(13,14)6-5-9-1-3-10(4-2-9)11-7-15-8-11/h1-4,11H,5-8H2. The molecule has 0 radical (unpaired) electrons. The lowest BCUT2D eigenvalue weighted by Crippen LogP contribution is -2.15. The molecule has 1 heterocycles. The first-order chi connectivity index (χ1) is 7.54. The Morgan fingerprint density at radius 2 is 1.88 bits per heavy atom. The largest absolute Gasteiger partial charge is 0.232 e. The summed E-state index contributed by atoms with van der Waals surface area (Å²) >= 11 is 1.96. The van der Waals surface area contributed by atoms with Gasteiger partial charge in [-0.2, -0.15) is 11.8 Å². The second-order valence-electron chi connectivity index (χ2n) is 3.97. The molecule has 0 spiro atoms. The first kappa shape index (κ1) is 12.3. The maximum atomic E-state index is 10.8. The monoisotopic (exact) mass is 276 g/mol. The van der Waals surface area contributed by atoms with Crippen molar-refractivity contribution in [1.29, 1.82) is 0 Å². The van der Waals surface area contributed by atoms with E-state index < -0.39 is 9.05 Å². The highest BCUT2D eigenvalue weighted by Gasteiger charge is 2.19. The molecule has 0 saturated carbocycles. The zero-order chi connectivity index (χ0) is 11.6. The topological polar surface area (TPSA) is 34.1 Å². The van der Waals surface area contributed by atoms with Gasteiger partial charge in [0.1, 0.15) is 0 Å². The lowest BCUT2D eigenvalue weighted by molar-refractivity contribution is 0.609. The van der Waals surface area contributed by atoms with Crippen molar-refractivity contribution >= 4 is 31.5 Å². The zero-order valence-corrected chi connectivity index (χ0v) is 11.1. The van der Waals surface area contributed by atoms with Gasteiger partial charge >= 0.3 is 0 Å². The third kappa shape index (κ3) is 3.40. The summed E-state index contributed by atoms with van der Waals surface area (Å²) in [4.78, 5) is 0. The van der Waals surface area contributed by atoms with Crippen LogP contribution >= 0.6 is 22.4 Å². The van der Waals surface area contributed by atoms with Crippen molar-refractivity contribution in [2.45, 2.75) is 12.3 Å². The van der Waals surface area contributed by atoms with E-state index >= 15 is 0 Å². The van der Waals surface area contributed by atoms with E-state index in [9.17, 15) is 8.42 Å². The summed E-state index contributed by atoms with van der Waals surface area (Å²) < 4.78 is 21.6. The Balaban J connectivity index is 1.96. The lowest BCUT2D eigenvalue weighted by Gasteiger charge is -2.25. The lowest BCUT2D eigenvalue weighted by atomic mass is 10.0. The fraction of sp³-hybridized carbons (Fsp3) is 0.455. The predicted octanol–water partition coefficient (Wildman–Crippen LogP) is 2.63. The molecule has 1 aromatic carbocycles. The molecule has 1 aromatic rings. The number of thioether (sulfide) groups is 1. The summed E-state index contributed by atoms with van der Waals surface area (Å²) in [6.45, 7) is 0. The summed E-state index contributed by atoms with van der Waals surface area (Å²) in [6.07, 6.45) is 0.492. The van der Waals surface area contributed by atoms with Crippen molar-refractivity contribution in [3.8, 4) is 0 Å². The minimum absolute atomic E-state index is 0.00713. The third-order valence-corrected chi connectivity index (χ3v) is 5.15. The molecule has 16 heavy (non-hydrogen) atoms. The van der Waals surface area contributed by atoms with Crippen molar-refractivity contribution in [2.75, 3.05) is 17.3 Å². The van der Waals surface area contributed by atoms with Crippen LogP contribution in [0.5, 0.6) is 0 Å². The van der Waals surface area contributed by atoms with Crippen LogP contribution in [-0.2, 0) is 15.5 Å². The highest BCUT2D eigenvalue weighted by Crippen LogP contribution is 2.33. The molecule has 0 amide bonds. The van der Waals surface area contributed by atoms with Crippen molar-refractivity contribution in [1.82, 2.24) is 0 Å². The van der Waals surface area contributed by atoms with E-state index in [-0.39, 0.29) is 5.75 Å². The maximum Gasteiger partial charge on any atom is 0.232 e. The zero-order valence-electron chi connectivity index (χ0n) is 8.73. The Hall–Kier alpha value is -0.190. The molecule has 2 nitrogen and oxygen atoms in total. The Labute approximate surface area is 105 Å². The van der Waals surface area contributed by atoms with Crippen LogP contribution in [0.4, 0.5) is 0 Å². The average Bonchev–Trinajstić information content (AvgIpc) is 2.13. The van der Waals surface area contributed by atoms with E-state index in [1.165, 1.54) is 17.1 Å². The molecule has 1 aliphatic rings. The van der Waals surface area contributed by atoms with Crippen LogP contribution < -0.4 is 0 Å². The van der Waals surface area contributed by atoms with Crippen LogP contribution in [-0.4, -0.2) is 25.7 Å². The van der Waals surface area contributed by atoms with Crippen LogP contribution in [0.3, 0.4) is 0 Å². The molecule has 0 unspecified atom stereocenters. The predicted molar refractivity (Wildman–Crippen MR) is 69.9 cm³/mol. The van der Waals surface area contributed by atoms with Crippen LogP contribution in [0.1, 0.15) is 17.0 Å². The van der Waals surface area contributed by atoms with Crippen LogP contribution in [0.15, 0.2) is 24.3 Å². The number of halogens is 1. The van der Waals surface area contributed by atoms with Crippen LogP contribution in [0.25, 0.3) is 0 Å². The first-order valence-electron chi connectivity index (χ1n) is 5.13. The molecule has 0 bridgehead atoms. The quantitative estimate of drug-likeness (QED) is 0.793. The highest BCUT2D eigenvalue weighted by molar-refractivity contribution is 8.13. The van der Waals surface area contributed by atoms with Gasteiger partial charge in [0.15, 0.2) is 0 Å². The Morgan fingerprint density at radius 3 is 2.31 bits per heavy atom. The molecule has 5 heteroatoms. The van der Waals surface area contributed by atoms with Crippen molar-refractivity contribution in [3.05, 3.63) is 35.4 Å². The Kier molecular flexibility index (Phi) is 3.82. The van der Waals surface area contributed by atoms with Gasteiger partial charge in [-0.15, -0.1) is 0 Å². The summed E-state index contributed by atoms with van der Waals surface area (Å²) in [6, 6.07) is 8.20. The molecular formula is C11H13ClO2S2. The highest BCUT2D eigenvalue weighted by atomic mass is 35.7. The van der Waals surface area contributed by atoms with Gasteiger partial charge in [0.25, 0.3) is 0 Å². The summed E-state index contributed by atoms with van der Waals surface area (Å²) in [5, 5.41) is 0. The molecule has 0 aromatic heterocycles. The minimum atomic E-state index is -3.37. The maximum absolute atomic E-state index is 10.8. The van der Waals surface area contributed by atoms with E-state index in [1.807, 2.05) is 23.9 Å². The van der Waals surface area contributed by atoms with Crippen molar-refractivity contribution < 1.29 is 8.42 Å². The number of hydrogen-bond donors (Lipinski definition) is 0. The molecule has 2 rings (SSSR count). The number of benzene rings is 1. The van der Waals surface area contributed by atoms with E-state index in [0.717, 1.165) is 5.56 Å². The molecule has 1 aliphatic heterocycles. The summed E-state index contributed by atoms with van der Waals surface area (Å²) in [5.74, 6) is 3.11. The van der Waals surface area contributed by atoms with Gasteiger partial charge in [0.2, 0.25) is 9.05 Å². The molecule has 1 saturated heterocycles. The second kappa shape index (κ2) is 4.98. The van der Waals surface area contributed by atoms with Crippen molar-refractivity contribution in [2.24, 2.45) is 0 Å². The molecule has 1 fully saturated rings. The van der Waals surface area contributed by atoms with Crippen molar-refractivity contribution in [3.63, 3.8) is 0 Å². The van der Waals surface area contributed by atoms with Gasteiger partial charge in [-0.05, 0) is 17.5 Å². The van der Waals surface area contributed by atoms with Gasteiger partial charge in [-0.1, -0.05) is 24.3 Å². The second-order valence-corrected chi connectivity index (χ2v) is 7.94. The molecular weight excluding hydrogens is 264 g/mol. The number of aryl methyl sites for hydroxylation is 1. The average molecular weight is 277 g/mol. The summed E-state index contributed by atoms with van der Waals surface area (Å²) in [5.41, 5.74) is 2.39. The summed E-state index contributed by atoms with van der Waals surface area (Å²) in [7, 11) is 1.79. The Bertz CT molecular complexity index is 449. The third-order valence-electron chi connectivity index (χ3n) is 2.72. The minimum Gasteiger partial charge on any atom is -0.212 e. The van der Waals surface area contributed by atoms with Gasteiger partial charge in [-0.25, -0.2) is 8.42 Å². The van der Waals surface area contributed by atoms with Gasteiger partial charge in [0.05, 0.1) is 5.75 Å². The van der Waals surface area contributed by atoms with E-state index in [1.54, 1.807) is 0 Å². The van der Waals surface area contributed by atoms with Gasteiger partial charge < -0.3 is 0 Å². The van der Waals surface area contributed by atoms with E-state index in [2.05, 4.69) is 12.1 Å². The SMILES string of the molecule is O=S(=O)(Cl)CCc1ccc(C2CSC2)cc1. The fourth-order valence-corrected chi connectivity index (χ4v) is 3.19. The van der Waals surface area contributed by atoms with E-state index in [0.29, 0.717) is 12.3 Å². The fourth-order valence-electron chi connectivity index (χ4n) is 1.62. The molecule has 0 N–H and O–H groups in total. The Morgan fingerprint density at radius 1 is 1.25 bits per heavy atom. The molecule has 88 valence electrons. The smallest absolute Gasteiger partial charge is 0.212 e. The normalized spacial score (nSPS) is 17.1. The number of hydrogen-bond acceptors (Lipinski definition) is 3. The van der Waals surface area contributed by atoms with E-state index in [4.69, 9.17) is 10.7 Å². The molecule has 0 atom stereocenters. The molecule has 0 aliphatic carbocycles.